The van der Waals surface area contributed by atoms with E-state index < -0.39 is 5.82 Å². The lowest BCUT2D eigenvalue weighted by molar-refractivity contribution is 0.0455. The Balaban J connectivity index is 0.00000256. The molecule has 2 aliphatic rings. The maximum Gasteiger partial charge on any atom is 0.257 e. The van der Waals surface area contributed by atoms with Crippen molar-refractivity contribution in [1.82, 2.24) is 4.90 Å². The van der Waals surface area contributed by atoms with E-state index in [2.05, 4.69) is 0 Å². The van der Waals surface area contributed by atoms with Crippen LogP contribution in [0.5, 0.6) is 11.5 Å². The van der Waals surface area contributed by atoms with E-state index in [9.17, 15) is 9.18 Å². The number of fused-ring (bicyclic) bond motifs is 2. The summed E-state index contributed by atoms with van der Waals surface area (Å²) in [7, 11) is 0. The van der Waals surface area contributed by atoms with Gasteiger partial charge < -0.3 is 15.4 Å². The zero-order valence-corrected chi connectivity index (χ0v) is 18.0. The Kier molecular flexibility index (Phi) is 7.73. The number of carbonyl (C=O) groups excluding carboxylic acids is 1. The number of halogens is 2. The average molecular weight is 433 g/mol. The van der Waals surface area contributed by atoms with E-state index >= 15 is 0 Å². The first-order valence-electron chi connectivity index (χ1n) is 10.7. The summed E-state index contributed by atoms with van der Waals surface area (Å²) in [6.07, 6.45) is 8.36. The van der Waals surface area contributed by atoms with Gasteiger partial charge in [0.25, 0.3) is 5.91 Å². The molecule has 2 N–H and O–H groups in total. The quantitative estimate of drug-likeness (QED) is 0.680. The minimum Gasteiger partial charge on any atom is -0.457 e. The molecule has 2 aromatic rings. The first-order valence-corrected chi connectivity index (χ1v) is 10.7. The van der Waals surface area contributed by atoms with Gasteiger partial charge in [0, 0.05) is 12.1 Å². The van der Waals surface area contributed by atoms with Crippen LogP contribution in [0.3, 0.4) is 0 Å². The number of hydrogen-bond donors (Lipinski definition) is 1. The smallest absolute Gasteiger partial charge is 0.257 e. The SMILES string of the molecule is Cl.NCCc1ccc(Oc2ccc(F)c(C(=O)N3C4CCCCC3CCC4)c2)cc1. The van der Waals surface area contributed by atoms with Gasteiger partial charge in [-0.2, -0.15) is 0 Å². The van der Waals surface area contributed by atoms with Crippen LogP contribution in [0.4, 0.5) is 4.39 Å². The Bertz CT molecular complexity index is 845. The van der Waals surface area contributed by atoms with Crippen molar-refractivity contribution in [2.75, 3.05) is 6.54 Å². The van der Waals surface area contributed by atoms with E-state index in [0.717, 1.165) is 56.9 Å². The third-order valence-electron chi connectivity index (χ3n) is 6.18. The molecular weight excluding hydrogens is 403 g/mol. The molecule has 162 valence electrons. The van der Waals surface area contributed by atoms with Crippen molar-refractivity contribution in [1.29, 1.82) is 0 Å². The maximum atomic E-state index is 14.6. The number of amides is 1. The molecule has 30 heavy (non-hydrogen) atoms. The van der Waals surface area contributed by atoms with Crippen molar-refractivity contribution in [2.24, 2.45) is 5.73 Å². The molecule has 6 heteroatoms. The number of rotatable bonds is 5. The molecule has 4 nitrogen and oxygen atoms in total. The Labute approximate surface area is 184 Å². The molecule has 2 heterocycles. The molecule has 1 amide bonds. The fourth-order valence-electron chi connectivity index (χ4n) is 4.72. The number of carbonyl (C=O) groups is 1. The number of nitrogens with two attached hydrogens (primary N) is 1. The van der Waals surface area contributed by atoms with E-state index in [-0.39, 0.29) is 36.0 Å². The van der Waals surface area contributed by atoms with Crippen LogP contribution >= 0.6 is 12.4 Å². The summed E-state index contributed by atoms with van der Waals surface area (Å²) in [6, 6.07) is 12.6. The van der Waals surface area contributed by atoms with Gasteiger partial charge in [-0.3, -0.25) is 4.79 Å². The standard InChI is InChI=1S/C24H29FN2O2.ClH/c25-23-13-12-21(29-20-10-8-17(9-11-20)14-15-26)16-22(23)24(28)27-18-4-1-2-5-19(27)7-3-6-18;/h8-13,16,18-19H,1-7,14-15,26H2;1H. The second-order valence-corrected chi connectivity index (χ2v) is 8.16. The molecule has 0 spiro atoms. The summed E-state index contributed by atoms with van der Waals surface area (Å²) >= 11 is 0. The zero-order valence-electron chi connectivity index (χ0n) is 17.2. The minimum absolute atomic E-state index is 0. The van der Waals surface area contributed by atoms with Crippen LogP contribution in [0.1, 0.15) is 60.9 Å². The van der Waals surface area contributed by atoms with Gasteiger partial charge >= 0.3 is 0 Å². The molecule has 2 aliphatic heterocycles. The molecule has 0 radical (unpaired) electrons. The molecule has 2 saturated heterocycles. The zero-order chi connectivity index (χ0) is 20.2. The second-order valence-electron chi connectivity index (χ2n) is 8.16. The molecule has 0 aromatic heterocycles. The van der Waals surface area contributed by atoms with Gasteiger partial charge in [-0.15, -0.1) is 12.4 Å². The van der Waals surface area contributed by atoms with Gasteiger partial charge in [0.1, 0.15) is 17.3 Å². The van der Waals surface area contributed by atoms with Crippen molar-refractivity contribution in [2.45, 2.75) is 63.5 Å². The van der Waals surface area contributed by atoms with Crippen LogP contribution in [0.15, 0.2) is 42.5 Å². The highest BCUT2D eigenvalue weighted by Crippen LogP contribution is 2.35. The number of ether oxygens (including phenoxy) is 1. The normalized spacial score (nSPS) is 20.8. The molecule has 2 fully saturated rings. The van der Waals surface area contributed by atoms with Crippen molar-refractivity contribution >= 4 is 18.3 Å². The van der Waals surface area contributed by atoms with Crippen molar-refractivity contribution in [3.8, 4) is 11.5 Å². The van der Waals surface area contributed by atoms with E-state index in [1.807, 2.05) is 29.2 Å². The first-order chi connectivity index (χ1) is 14.2. The topological polar surface area (TPSA) is 55.6 Å². The molecule has 4 rings (SSSR count). The summed E-state index contributed by atoms with van der Waals surface area (Å²) in [5.74, 6) is 0.453. The number of piperidine rings is 1. The van der Waals surface area contributed by atoms with Gasteiger partial charge in [0.05, 0.1) is 5.56 Å². The highest BCUT2D eigenvalue weighted by molar-refractivity contribution is 5.95. The molecular formula is C24H30ClFN2O2. The summed E-state index contributed by atoms with van der Waals surface area (Å²) in [6.45, 7) is 0.599. The highest BCUT2D eigenvalue weighted by atomic mass is 35.5. The summed E-state index contributed by atoms with van der Waals surface area (Å²) in [5.41, 5.74) is 6.84. The van der Waals surface area contributed by atoms with Crippen molar-refractivity contribution in [3.63, 3.8) is 0 Å². The summed E-state index contributed by atoms with van der Waals surface area (Å²) in [5, 5.41) is 0. The van der Waals surface area contributed by atoms with Crippen LogP contribution in [0.2, 0.25) is 0 Å². The molecule has 2 unspecified atom stereocenters. The lowest BCUT2D eigenvalue weighted by atomic mass is 9.93. The van der Waals surface area contributed by atoms with Gasteiger partial charge in [0.2, 0.25) is 0 Å². The van der Waals surface area contributed by atoms with Gasteiger partial charge in [0.15, 0.2) is 0 Å². The fraction of sp³-hybridized carbons (Fsp3) is 0.458. The molecule has 0 aliphatic carbocycles. The lowest BCUT2D eigenvalue weighted by Crippen LogP contribution is -2.49. The predicted octanol–water partition coefficient (Wildman–Crippen LogP) is 5.48. The predicted molar refractivity (Wildman–Crippen MR) is 119 cm³/mol. The van der Waals surface area contributed by atoms with Gasteiger partial charge in [-0.25, -0.2) is 4.39 Å². The fourth-order valence-corrected chi connectivity index (χ4v) is 4.72. The second kappa shape index (κ2) is 10.3. The van der Waals surface area contributed by atoms with Crippen LogP contribution < -0.4 is 10.5 Å². The van der Waals surface area contributed by atoms with E-state index in [1.54, 1.807) is 12.1 Å². The third kappa shape index (κ3) is 4.96. The third-order valence-corrected chi connectivity index (χ3v) is 6.18. The average Bonchev–Trinajstić information content (AvgIpc) is 2.85. The molecule has 0 saturated carbocycles. The molecule has 2 atom stereocenters. The van der Waals surface area contributed by atoms with Crippen LogP contribution in [0, 0.1) is 5.82 Å². The monoisotopic (exact) mass is 432 g/mol. The maximum absolute atomic E-state index is 14.6. The highest BCUT2D eigenvalue weighted by Gasteiger charge is 2.36. The van der Waals surface area contributed by atoms with Gasteiger partial charge in [-0.1, -0.05) is 25.0 Å². The summed E-state index contributed by atoms with van der Waals surface area (Å²) in [4.78, 5) is 15.3. The Morgan fingerprint density at radius 3 is 2.20 bits per heavy atom. The minimum atomic E-state index is -0.483. The Morgan fingerprint density at radius 2 is 1.57 bits per heavy atom. The van der Waals surface area contributed by atoms with Crippen LogP contribution in [0.25, 0.3) is 0 Å². The van der Waals surface area contributed by atoms with Crippen molar-refractivity contribution < 1.29 is 13.9 Å². The number of benzene rings is 2. The Hall–Kier alpha value is -2.11. The largest absolute Gasteiger partial charge is 0.457 e. The summed E-state index contributed by atoms with van der Waals surface area (Å²) < 4.78 is 20.5. The van der Waals surface area contributed by atoms with E-state index in [0.29, 0.717) is 18.0 Å². The Morgan fingerprint density at radius 1 is 0.967 bits per heavy atom. The van der Waals surface area contributed by atoms with E-state index in [4.69, 9.17) is 10.5 Å². The molecule has 2 aromatic carbocycles. The van der Waals surface area contributed by atoms with Crippen molar-refractivity contribution in [3.05, 3.63) is 59.4 Å². The van der Waals surface area contributed by atoms with Crippen LogP contribution in [-0.4, -0.2) is 29.4 Å². The lowest BCUT2D eigenvalue weighted by Gasteiger charge is -2.41. The van der Waals surface area contributed by atoms with Gasteiger partial charge in [-0.05, 0) is 81.0 Å². The number of nitrogens with zero attached hydrogens (tertiary/aromatic N) is 1. The van der Waals surface area contributed by atoms with Crippen LogP contribution in [-0.2, 0) is 6.42 Å². The van der Waals surface area contributed by atoms with E-state index in [1.165, 1.54) is 6.07 Å². The first kappa shape index (κ1) is 22.6. The molecule has 2 bridgehead atoms. The number of hydrogen-bond acceptors (Lipinski definition) is 3.